The third kappa shape index (κ3) is 3.91. The highest BCUT2D eigenvalue weighted by Gasteiger charge is 2.42. The van der Waals surface area contributed by atoms with Crippen molar-refractivity contribution < 1.29 is 14.4 Å². The summed E-state index contributed by atoms with van der Waals surface area (Å²) in [7, 11) is 0. The standard InChI is InChI=1S/C20H26N2O3/c1-14-7-9-15(10-8-14)12-21-19(24)17-5-2-6-18(17)20(25)22-11-3-4-16(22)13-23/h7-10,13,16-18H,2-6,11-12H2,1H3,(H,21,24)/t16-,17+,18?/m0/s1. The van der Waals surface area contributed by atoms with Gasteiger partial charge in [0, 0.05) is 24.9 Å². The predicted molar refractivity (Wildman–Crippen MR) is 94.7 cm³/mol. The highest BCUT2D eigenvalue weighted by molar-refractivity contribution is 5.89. The Hall–Kier alpha value is -2.17. The van der Waals surface area contributed by atoms with Gasteiger partial charge >= 0.3 is 0 Å². The van der Waals surface area contributed by atoms with Crippen LogP contribution in [0.25, 0.3) is 0 Å². The van der Waals surface area contributed by atoms with E-state index in [2.05, 4.69) is 5.32 Å². The zero-order chi connectivity index (χ0) is 17.8. The molecule has 0 radical (unpaired) electrons. The smallest absolute Gasteiger partial charge is 0.227 e. The Morgan fingerprint density at radius 1 is 1.12 bits per heavy atom. The van der Waals surface area contributed by atoms with Crippen LogP contribution in [-0.4, -0.2) is 35.6 Å². The summed E-state index contributed by atoms with van der Waals surface area (Å²) in [5, 5.41) is 2.98. The molecule has 1 N–H and O–H groups in total. The van der Waals surface area contributed by atoms with Crippen LogP contribution >= 0.6 is 0 Å². The number of rotatable bonds is 5. The van der Waals surface area contributed by atoms with Crippen molar-refractivity contribution in [3.8, 4) is 0 Å². The van der Waals surface area contributed by atoms with Gasteiger partial charge in [-0.15, -0.1) is 0 Å². The fourth-order valence-electron chi connectivity index (χ4n) is 4.02. The molecule has 1 saturated heterocycles. The molecule has 0 spiro atoms. The minimum Gasteiger partial charge on any atom is -0.352 e. The first-order valence-electron chi connectivity index (χ1n) is 9.19. The van der Waals surface area contributed by atoms with Gasteiger partial charge in [-0.2, -0.15) is 0 Å². The van der Waals surface area contributed by atoms with E-state index in [0.717, 1.165) is 44.0 Å². The maximum atomic E-state index is 12.8. The lowest BCUT2D eigenvalue weighted by Gasteiger charge is -2.27. The van der Waals surface area contributed by atoms with Crippen LogP contribution in [0.1, 0.15) is 43.2 Å². The van der Waals surface area contributed by atoms with Gasteiger partial charge in [0.2, 0.25) is 11.8 Å². The Kier molecular flexibility index (Phi) is 5.51. The van der Waals surface area contributed by atoms with E-state index in [1.54, 1.807) is 4.90 Å². The molecular formula is C20H26N2O3. The summed E-state index contributed by atoms with van der Waals surface area (Å²) >= 11 is 0. The summed E-state index contributed by atoms with van der Waals surface area (Å²) in [5.41, 5.74) is 2.24. The first-order valence-corrected chi connectivity index (χ1v) is 9.19. The van der Waals surface area contributed by atoms with Crippen molar-refractivity contribution >= 4 is 18.1 Å². The van der Waals surface area contributed by atoms with Crippen molar-refractivity contribution in [2.24, 2.45) is 11.8 Å². The number of likely N-dealkylation sites (tertiary alicyclic amines) is 1. The molecule has 5 heteroatoms. The van der Waals surface area contributed by atoms with E-state index < -0.39 is 0 Å². The van der Waals surface area contributed by atoms with Crippen LogP contribution in [0.2, 0.25) is 0 Å². The van der Waals surface area contributed by atoms with Crippen molar-refractivity contribution in [3.05, 3.63) is 35.4 Å². The number of aldehydes is 1. The molecule has 0 aromatic heterocycles. The normalized spacial score (nSPS) is 25.8. The van der Waals surface area contributed by atoms with E-state index in [4.69, 9.17) is 0 Å². The topological polar surface area (TPSA) is 66.5 Å². The lowest BCUT2D eigenvalue weighted by atomic mass is 9.93. The molecule has 2 aliphatic rings. The molecule has 3 rings (SSSR count). The molecule has 1 unspecified atom stereocenters. The average molecular weight is 342 g/mol. The van der Waals surface area contributed by atoms with Gasteiger partial charge in [0.25, 0.3) is 0 Å². The van der Waals surface area contributed by atoms with Crippen LogP contribution in [0.4, 0.5) is 0 Å². The largest absolute Gasteiger partial charge is 0.352 e. The number of hydrogen-bond acceptors (Lipinski definition) is 3. The van der Waals surface area contributed by atoms with Crippen LogP contribution in [-0.2, 0) is 20.9 Å². The molecule has 1 aliphatic heterocycles. The van der Waals surface area contributed by atoms with Crippen molar-refractivity contribution in [1.29, 1.82) is 0 Å². The molecule has 134 valence electrons. The SMILES string of the molecule is Cc1ccc(CNC(=O)[C@@H]2CCCC2C(=O)N2CCC[C@H]2C=O)cc1. The van der Waals surface area contributed by atoms with E-state index >= 15 is 0 Å². The lowest BCUT2D eigenvalue weighted by Crippen LogP contribution is -2.44. The highest BCUT2D eigenvalue weighted by atomic mass is 16.2. The van der Waals surface area contributed by atoms with E-state index in [1.165, 1.54) is 5.56 Å². The van der Waals surface area contributed by atoms with Gasteiger partial charge in [-0.3, -0.25) is 9.59 Å². The fraction of sp³-hybridized carbons (Fsp3) is 0.550. The molecule has 2 amide bonds. The van der Waals surface area contributed by atoms with E-state index in [9.17, 15) is 14.4 Å². The van der Waals surface area contributed by atoms with Gasteiger partial charge in [-0.25, -0.2) is 0 Å². The van der Waals surface area contributed by atoms with Gasteiger partial charge in [0.15, 0.2) is 0 Å². The summed E-state index contributed by atoms with van der Waals surface area (Å²) in [4.78, 5) is 38.3. The van der Waals surface area contributed by atoms with Gasteiger partial charge in [-0.05, 0) is 38.2 Å². The predicted octanol–water partition coefficient (Wildman–Crippen LogP) is 2.22. The van der Waals surface area contributed by atoms with Crippen molar-refractivity contribution in [1.82, 2.24) is 10.2 Å². The molecule has 25 heavy (non-hydrogen) atoms. The number of aryl methyl sites for hydroxylation is 1. The number of hydrogen-bond donors (Lipinski definition) is 1. The number of benzene rings is 1. The molecule has 2 fully saturated rings. The summed E-state index contributed by atoms with van der Waals surface area (Å²) in [6.45, 7) is 3.15. The second-order valence-electron chi connectivity index (χ2n) is 7.22. The molecule has 1 aromatic carbocycles. The number of carbonyl (C=O) groups excluding carboxylic acids is 3. The quantitative estimate of drug-likeness (QED) is 0.835. The van der Waals surface area contributed by atoms with E-state index in [-0.39, 0.29) is 29.7 Å². The maximum absolute atomic E-state index is 12.8. The second-order valence-corrected chi connectivity index (χ2v) is 7.22. The van der Waals surface area contributed by atoms with Gasteiger partial charge < -0.3 is 15.0 Å². The van der Waals surface area contributed by atoms with Crippen LogP contribution in [0.3, 0.4) is 0 Å². The van der Waals surface area contributed by atoms with Crippen molar-refractivity contribution in [2.75, 3.05) is 6.54 Å². The summed E-state index contributed by atoms with van der Waals surface area (Å²) in [5.74, 6) is -0.606. The molecule has 5 nitrogen and oxygen atoms in total. The molecular weight excluding hydrogens is 316 g/mol. The minimum absolute atomic E-state index is 0.0115. The Morgan fingerprint density at radius 3 is 2.56 bits per heavy atom. The molecule has 0 bridgehead atoms. The Morgan fingerprint density at radius 2 is 1.84 bits per heavy atom. The summed E-state index contributed by atoms with van der Waals surface area (Å²) in [6, 6.07) is 7.76. The monoisotopic (exact) mass is 342 g/mol. The molecule has 1 saturated carbocycles. The first kappa shape index (κ1) is 17.6. The third-order valence-electron chi connectivity index (χ3n) is 5.50. The van der Waals surface area contributed by atoms with Crippen LogP contribution in [0.15, 0.2) is 24.3 Å². The molecule has 3 atom stereocenters. The molecule has 1 heterocycles. The number of nitrogens with one attached hydrogen (secondary N) is 1. The van der Waals surface area contributed by atoms with E-state index in [1.807, 2.05) is 31.2 Å². The fourth-order valence-corrected chi connectivity index (χ4v) is 4.02. The first-order chi connectivity index (χ1) is 12.1. The zero-order valence-corrected chi connectivity index (χ0v) is 14.7. The van der Waals surface area contributed by atoms with Crippen LogP contribution < -0.4 is 5.32 Å². The minimum atomic E-state index is -0.302. The second kappa shape index (κ2) is 7.81. The summed E-state index contributed by atoms with van der Waals surface area (Å²) < 4.78 is 0. The zero-order valence-electron chi connectivity index (χ0n) is 14.7. The molecule has 1 aliphatic carbocycles. The lowest BCUT2D eigenvalue weighted by molar-refractivity contribution is -0.142. The molecule has 1 aromatic rings. The third-order valence-corrected chi connectivity index (χ3v) is 5.50. The number of nitrogens with zero attached hydrogens (tertiary/aromatic N) is 1. The maximum Gasteiger partial charge on any atom is 0.227 e. The van der Waals surface area contributed by atoms with E-state index in [0.29, 0.717) is 13.1 Å². The average Bonchev–Trinajstić information content (AvgIpc) is 3.29. The van der Waals surface area contributed by atoms with Gasteiger partial charge in [0.1, 0.15) is 6.29 Å². The van der Waals surface area contributed by atoms with Gasteiger partial charge in [-0.1, -0.05) is 36.2 Å². The Bertz CT molecular complexity index is 641. The highest BCUT2D eigenvalue weighted by Crippen LogP contribution is 2.35. The summed E-state index contributed by atoms with van der Waals surface area (Å²) in [6.07, 6.45) is 4.85. The van der Waals surface area contributed by atoms with Gasteiger partial charge in [0.05, 0.1) is 6.04 Å². The van der Waals surface area contributed by atoms with Crippen LogP contribution in [0, 0.1) is 18.8 Å². The Balaban J connectivity index is 1.60. The van der Waals surface area contributed by atoms with Crippen molar-refractivity contribution in [2.45, 2.75) is 51.6 Å². The van der Waals surface area contributed by atoms with Crippen molar-refractivity contribution in [3.63, 3.8) is 0 Å². The Labute approximate surface area is 148 Å². The number of amides is 2. The number of carbonyl (C=O) groups is 3. The van der Waals surface area contributed by atoms with Crippen LogP contribution in [0.5, 0.6) is 0 Å².